The molecule has 0 radical (unpaired) electrons. The normalized spacial score (nSPS) is 24.1. The van der Waals surface area contributed by atoms with E-state index < -0.39 is 0 Å². The van der Waals surface area contributed by atoms with Crippen molar-refractivity contribution in [2.75, 3.05) is 13.1 Å². The molecule has 1 saturated heterocycles. The van der Waals surface area contributed by atoms with Crippen LogP contribution in [0.15, 0.2) is 28.0 Å². The van der Waals surface area contributed by atoms with E-state index in [9.17, 15) is 0 Å². The number of piperidine rings is 1. The van der Waals surface area contributed by atoms with E-state index >= 15 is 0 Å². The van der Waals surface area contributed by atoms with Crippen LogP contribution in [0.25, 0.3) is 0 Å². The minimum Gasteiger partial charge on any atom is -0.411 e. The first-order valence-corrected chi connectivity index (χ1v) is 6.52. The molecular formula is C12H16BrN3O. The topological polar surface area (TPSA) is 48.7 Å². The van der Waals surface area contributed by atoms with Gasteiger partial charge in [0.15, 0.2) is 0 Å². The summed E-state index contributed by atoms with van der Waals surface area (Å²) < 4.78 is 1.00. The molecule has 17 heavy (non-hydrogen) atoms. The van der Waals surface area contributed by atoms with Crippen LogP contribution >= 0.6 is 15.9 Å². The monoisotopic (exact) mass is 297 g/mol. The number of hydrogen-bond donors (Lipinski definition) is 1. The standard InChI is InChI=1S/C12H16BrN3O/c1-9-7-16(5-4-12(9)15-17)8-11-3-2-10(13)6-14-11/h2-3,6,9,17H,4-5,7-8H2,1H3/b15-12+. The van der Waals surface area contributed by atoms with E-state index in [-0.39, 0.29) is 0 Å². The number of aromatic nitrogens is 1. The summed E-state index contributed by atoms with van der Waals surface area (Å²) in [5.74, 6) is 0.323. The first-order chi connectivity index (χ1) is 8.19. The number of halogens is 1. The zero-order chi connectivity index (χ0) is 12.3. The first-order valence-electron chi connectivity index (χ1n) is 5.72. The number of likely N-dealkylation sites (tertiary alicyclic amines) is 1. The lowest BCUT2D eigenvalue weighted by atomic mass is 9.97. The van der Waals surface area contributed by atoms with Crippen molar-refractivity contribution in [1.29, 1.82) is 0 Å². The Bertz CT molecular complexity index is 405. The van der Waals surface area contributed by atoms with Crippen molar-refractivity contribution < 1.29 is 5.21 Å². The van der Waals surface area contributed by atoms with Crippen LogP contribution in [-0.2, 0) is 6.54 Å². The molecule has 1 aromatic heterocycles. The molecule has 1 fully saturated rings. The van der Waals surface area contributed by atoms with Gasteiger partial charge in [0.1, 0.15) is 0 Å². The van der Waals surface area contributed by atoms with Crippen LogP contribution < -0.4 is 0 Å². The second-order valence-corrected chi connectivity index (χ2v) is 5.36. The molecule has 0 spiro atoms. The molecule has 1 N–H and O–H groups in total. The number of pyridine rings is 1. The van der Waals surface area contributed by atoms with Gasteiger partial charge in [-0.2, -0.15) is 0 Å². The van der Waals surface area contributed by atoms with Crippen LogP contribution in [0.5, 0.6) is 0 Å². The molecule has 92 valence electrons. The first kappa shape index (κ1) is 12.5. The molecule has 1 aliphatic rings. The molecule has 0 amide bonds. The molecule has 1 atom stereocenters. The van der Waals surface area contributed by atoms with Crippen LogP contribution in [0.2, 0.25) is 0 Å². The second kappa shape index (κ2) is 5.60. The van der Waals surface area contributed by atoms with Crippen molar-refractivity contribution in [3.05, 3.63) is 28.5 Å². The molecule has 2 rings (SSSR count). The van der Waals surface area contributed by atoms with E-state index in [0.717, 1.165) is 41.9 Å². The van der Waals surface area contributed by atoms with Crippen molar-refractivity contribution in [2.24, 2.45) is 11.1 Å². The van der Waals surface area contributed by atoms with Gasteiger partial charge in [0.2, 0.25) is 0 Å². The van der Waals surface area contributed by atoms with Gasteiger partial charge in [-0.1, -0.05) is 12.1 Å². The van der Waals surface area contributed by atoms with E-state index in [0.29, 0.717) is 5.92 Å². The molecule has 1 unspecified atom stereocenters. The van der Waals surface area contributed by atoms with E-state index in [1.807, 2.05) is 18.3 Å². The molecular weight excluding hydrogens is 282 g/mol. The predicted molar refractivity (Wildman–Crippen MR) is 70.2 cm³/mol. The van der Waals surface area contributed by atoms with Gasteiger partial charge in [-0.25, -0.2) is 0 Å². The third kappa shape index (κ3) is 3.26. The fourth-order valence-corrected chi connectivity index (χ4v) is 2.36. The minimum absolute atomic E-state index is 0.323. The van der Waals surface area contributed by atoms with Gasteiger partial charge in [0, 0.05) is 42.6 Å². The SMILES string of the molecule is CC1CN(Cc2ccc(Br)cn2)CC/C1=N\O. The fourth-order valence-electron chi connectivity index (χ4n) is 2.12. The molecule has 2 heterocycles. The largest absolute Gasteiger partial charge is 0.411 e. The van der Waals surface area contributed by atoms with Crippen LogP contribution in [0.4, 0.5) is 0 Å². The summed E-state index contributed by atoms with van der Waals surface area (Å²) >= 11 is 3.38. The van der Waals surface area contributed by atoms with Crippen molar-refractivity contribution in [3.63, 3.8) is 0 Å². The molecule has 4 nitrogen and oxygen atoms in total. The van der Waals surface area contributed by atoms with Gasteiger partial charge in [-0.3, -0.25) is 9.88 Å². The van der Waals surface area contributed by atoms with Gasteiger partial charge in [-0.05, 0) is 28.1 Å². The Kier molecular flexibility index (Phi) is 4.12. The van der Waals surface area contributed by atoms with Gasteiger partial charge < -0.3 is 5.21 Å². The highest BCUT2D eigenvalue weighted by Gasteiger charge is 2.22. The van der Waals surface area contributed by atoms with E-state index in [1.165, 1.54) is 0 Å². The number of nitrogens with zero attached hydrogens (tertiary/aromatic N) is 3. The Morgan fingerprint density at radius 1 is 1.59 bits per heavy atom. The van der Waals surface area contributed by atoms with Crippen molar-refractivity contribution in [2.45, 2.75) is 19.9 Å². The molecule has 0 saturated carbocycles. The van der Waals surface area contributed by atoms with Crippen LogP contribution in [0.3, 0.4) is 0 Å². The second-order valence-electron chi connectivity index (χ2n) is 4.45. The number of oxime groups is 1. The van der Waals surface area contributed by atoms with Gasteiger partial charge in [0.25, 0.3) is 0 Å². The molecule has 0 bridgehead atoms. The Hall–Kier alpha value is -0.940. The number of rotatable bonds is 2. The maximum atomic E-state index is 8.82. The zero-order valence-corrected chi connectivity index (χ0v) is 11.4. The molecule has 0 aliphatic carbocycles. The summed E-state index contributed by atoms with van der Waals surface area (Å²) in [6.07, 6.45) is 2.66. The highest BCUT2D eigenvalue weighted by Crippen LogP contribution is 2.16. The molecule has 5 heteroatoms. The smallest absolute Gasteiger partial charge is 0.0624 e. The minimum atomic E-state index is 0.323. The average Bonchev–Trinajstić information content (AvgIpc) is 2.32. The highest BCUT2D eigenvalue weighted by molar-refractivity contribution is 9.10. The summed E-state index contributed by atoms with van der Waals surface area (Å²) in [7, 11) is 0. The van der Waals surface area contributed by atoms with E-state index in [2.05, 4.69) is 37.9 Å². The Morgan fingerprint density at radius 3 is 3.00 bits per heavy atom. The third-order valence-corrected chi connectivity index (χ3v) is 3.56. The Labute approximate surface area is 109 Å². The summed E-state index contributed by atoms with van der Waals surface area (Å²) in [5, 5.41) is 12.2. The van der Waals surface area contributed by atoms with Crippen molar-refractivity contribution >= 4 is 21.6 Å². The van der Waals surface area contributed by atoms with E-state index in [1.54, 1.807) is 0 Å². The predicted octanol–water partition coefficient (Wildman–Crippen LogP) is 2.52. The van der Waals surface area contributed by atoms with Gasteiger partial charge >= 0.3 is 0 Å². The summed E-state index contributed by atoms with van der Waals surface area (Å²) in [4.78, 5) is 6.71. The van der Waals surface area contributed by atoms with Gasteiger partial charge in [-0.15, -0.1) is 0 Å². The third-order valence-electron chi connectivity index (χ3n) is 3.09. The van der Waals surface area contributed by atoms with Crippen LogP contribution in [0, 0.1) is 5.92 Å². The molecule has 1 aromatic rings. The average molecular weight is 298 g/mol. The Balaban J connectivity index is 1.95. The lowest BCUT2D eigenvalue weighted by Gasteiger charge is -2.31. The maximum Gasteiger partial charge on any atom is 0.0624 e. The summed E-state index contributed by atoms with van der Waals surface area (Å²) in [6.45, 7) is 4.81. The molecule has 1 aliphatic heterocycles. The fraction of sp³-hybridized carbons (Fsp3) is 0.500. The lowest BCUT2D eigenvalue weighted by Crippen LogP contribution is -2.39. The highest BCUT2D eigenvalue weighted by atomic mass is 79.9. The van der Waals surface area contributed by atoms with Crippen LogP contribution in [0.1, 0.15) is 19.0 Å². The number of hydrogen-bond acceptors (Lipinski definition) is 4. The van der Waals surface area contributed by atoms with Crippen molar-refractivity contribution in [1.82, 2.24) is 9.88 Å². The zero-order valence-electron chi connectivity index (χ0n) is 9.80. The van der Waals surface area contributed by atoms with Crippen molar-refractivity contribution in [3.8, 4) is 0 Å². The van der Waals surface area contributed by atoms with Crippen LogP contribution in [-0.4, -0.2) is 33.9 Å². The lowest BCUT2D eigenvalue weighted by molar-refractivity contribution is 0.226. The maximum absolute atomic E-state index is 8.82. The molecule has 0 aromatic carbocycles. The van der Waals surface area contributed by atoms with E-state index in [4.69, 9.17) is 5.21 Å². The summed E-state index contributed by atoms with van der Waals surface area (Å²) in [5.41, 5.74) is 1.98. The summed E-state index contributed by atoms with van der Waals surface area (Å²) in [6, 6.07) is 4.04. The Morgan fingerprint density at radius 2 is 2.41 bits per heavy atom. The quantitative estimate of drug-likeness (QED) is 0.674. The van der Waals surface area contributed by atoms with Gasteiger partial charge in [0.05, 0.1) is 11.4 Å².